The summed E-state index contributed by atoms with van der Waals surface area (Å²) in [6.45, 7) is 3.89. The molecule has 2 aromatic heterocycles. The summed E-state index contributed by atoms with van der Waals surface area (Å²) in [6.07, 6.45) is 1.47. The van der Waals surface area contributed by atoms with Crippen LogP contribution in [0.2, 0.25) is 0 Å². The molecule has 7 nitrogen and oxygen atoms in total. The molecule has 2 aromatic carbocycles. The largest absolute Gasteiger partial charge is 0.460 e. The highest BCUT2D eigenvalue weighted by Crippen LogP contribution is 2.28. The predicted molar refractivity (Wildman–Crippen MR) is 121 cm³/mol. The Kier molecular flexibility index (Phi) is 6.28. The lowest BCUT2D eigenvalue weighted by Gasteiger charge is -2.10. The van der Waals surface area contributed by atoms with Crippen molar-refractivity contribution >= 4 is 23.9 Å². The number of thioether (sulfide) groups is 1. The molecule has 0 saturated heterocycles. The monoisotopic (exact) mass is 431 g/mol. The number of hydrazone groups is 1. The molecule has 0 aliphatic heterocycles. The second-order valence-electron chi connectivity index (χ2n) is 6.87. The minimum absolute atomic E-state index is 0.146. The van der Waals surface area contributed by atoms with Gasteiger partial charge in [0.2, 0.25) is 0 Å². The van der Waals surface area contributed by atoms with Crippen molar-refractivity contribution < 1.29 is 9.21 Å². The minimum Gasteiger partial charge on any atom is -0.460 e. The highest BCUT2D eigenvalue weighted by atomic mass is 32.2. The van der Waals surface area contributed by atoms with E-state index in [1.54, 1.807) is 6.07 Å². The van der Waals surface area contributed by atoms with E-state index in [-0.39, 0.29) is 11.7 Å². The summed E-state index contributed by atoms with van der Waals surface area (Å²) >= 11 is 1.30. The first-order valence-electron chi connectivity index (χ1n) is 9.69. The Morgan fingerprint density at radius 3 is 2.55 bits per heavy atom. The summed E-state index contributed by atoms with van der Waals surface area (Å²) in [5.74, 6) is 1.99. The van der Waals surface area contributed by atoms with E-state index >= 15 is 0 Å². The Morgan fingerprint density at radius 2 is 1.84 bits per heavy atom. The predicted octanol–water partition coefficient (Wildman–Crippen LogP) is 4.39. The molecule has 0 bridgehead atoms. The first-order valence-corrected chi connectivity index (χ1v) is 10.7. The Bertz CT molecular complexity index is 1200. The zero-order valence-corrected chi connectivity index (χ0v) is 18.0. The van der Waals surface area contributed by atoms with Crippen LogP contribution in [0.4, 0.5) is 0 Å². The van der Waals surface area contributed by atoms with Crippen LogP contribution in [0.25, 0.3) is 17.1 Å². The fourth-order valence-electron chi connectivity index (χ4n) is 2.92. The number of furan rings is 1. The lowest BCUT2D eigenvalue weighted by molar-refractivity contribution is -0.118. The van der Waals surface area contributed by atoms with Gasteiger partial charge >= 0.3 is 0 Å². The number of aryl methyl sites for hydroxylation is 2. The molecule has 2 heterocycles. The van der Waals surface area contributed by atoms with Crippen LogP contribution in [-0.4, -0.2) is 32.6 Å². The van der Waals surface area contributed by atoms with E-state index in [0.717, 1.165) is 28.4 Å². The number of amides is 1. The van der Waals surface area contributed by atoms with Gasteiger partial charge < -0.3 is 4.42 Å². The third-order valence-corrected chi connectivity index (χ3v) is 5.36. The Labute approximate surface area is 184 Å². The molecule has 156 valence electrons. The molecule has 4 rings (SSSR count). The quantitative estimate of drug-likeness (QED) is 0.267. The standard InChI is InChI=1S/C23H21N5O2S/c1-16-8-11-19(12-9-16)28-22(18-6-4-3-5-7-18)26-27-23(28)31-15-21(29)25-24-14-20-13-10-17(2)30-20/h3-14H,15H2,1-2H3,(H,25,29)/b24-14-. The fourth-order valence-corrected chi connectivity index (χ4v) is 3.66. The maximum Gasteiger partial charge on any atom is 0.250 e. The van der Waals surface area contributed by atoms with Crippen molar-refractivity contribution in [1.29, 1.82) is 0 Å². The summed E-state index contributed by atoms with van der Waals surface area (Å²) in [7, 11) is 0. The first-order chi connectivity index (χ1) is 15.1. The summed E-state index contributed by atoms with van der Waals surface area (Å²) in [4.78, 5) is 12.2. The van der Waals surface area contributed by atoms with Gasteiger partial charge in [-0.3, -0.25) is 9.36 Å². The van der Waals surface area contributed by atoms with Crippen molar-refractivity contribution in [2.45, 2.75) is 19.0 Å². The average molecular weight is 432 g/mol. The highest BCUT2D eigenvalue weighted by molar-refractivity contribution is 7.99. The number of hydrogen-bond acceptors (Lipinski definition) is 6. The number of benzene rings is 2. The first kappa shape index (κ1) is 20.6. The lowest BCUT2D eigenvalue weighted by atomic mass is 10.2. The molecule has 0 spiro atoms. The molecule has 0 aliphatic rings. The van der Waals surface area contributed by atoms with Gasteiger partial charge in [0.25, 0.3) is 5.91 Å². The molecule has 0 aliphatic carbocycles. The van der Waals surface area contributed by atoms with E-state index in [2.05, 4.69) is 20.7 Å². The van der Waals surface area contributed by atoms with Crippen molar-refractivity contribution in [2.75, 3.05) is 5.75 Å². The summed E-state index contributed by atoms with van der Waals surface area (Å²) < 4.78 is 7.35. The topological polar surface area (TPSA) is 85.3 Å². The summed E-state index contributed by atoms with van der Waals surface area (Å²) in [5, 5.41) is 13.3. The summed E-state index contributed by atoms with van der Waals surface area (Å²) in [5.41, 5.74) is 5.55. The zero-order valence-electron chi connectivity index (χ0n) is 17.1. The van der Waals surface area contributed by atoms with Crippen molar-refractivity contribution in [3.05, 3.63) is 83.8 Å². The third kappa shape index (κ3) is 5.10. The van der Waals surface area contributed by atoms with Crippen molar-refractivity contribution in [1.82, 2.24) is 20.2 Å². The van der Waals surface area contributed by atoms with Gasteiger partial charge in [-0.25, -0.2) is 5.43 Å². The van der Waals surface area contributed by atoms with Gasteiger partial charge in [-0.2, -0.15) is 5.10 Å². The number of carbonyl (C=O) groups is 1. The van der Waals surface area contributed by atoms with Crippen LogP contribution in [0.3, 0.4) is 0 Å². The molecule has 1 amide bonds. The van der Waals surface area contributed by atoms with Crippen molar-refractivity contribution in [3.8, 4) is 17.1 Å². The Hall–Kier alpha value is -3.65. The van der Waals surface area contributed by atoms with Crippen LogP contribution in [-0.2, 0) is 4.79 Å². The molecular weight excluding hydrogens is 410 g/mol. The lowest BCUT2D eigenvalue weighted by Crippen LogP contribution is -2.19. The smallest absolute Gasteiger partial charge is 0.250 e. The number of nitrogens with one attached hydrogen (secondary N) is 1. The number of nitrogens with zero attached hydrogens (tertiary/aromatic N) is 4. The van der Waals surface area contributed by atoms with E-state index in [9.17, 15) is 4.79 Å². The number of carbonyl (C=O) groups excluding carboxylic acids is 1. The van der Waals surface area contributed by atoms with E-state index in [1.165, 1.54) is 18.0 Å². The van der Waals surface area contributed by atoms with Crippen LogP contribution < -0.4 is 5.43 Å². The van der Waals surface area contributed by atoms with Gasteiger partial charge in [0.15, 0.2) is 11.0 Å². The molecule has 8 heteroatoms. The molecule has 0 atom stereocenters. The number of aromatic nitrogens is 3. The second-order valence-corrected chi connectivity index (χ2v) is 7.82. The maximum atomic E-state index is 12.2. The van der Waals surface area contributed by atoms with Crippen molar-refractivity contribution in [2.24, 2.45) is 5.10 Å². The van der Waals surface area contributed by atoms with Gasteiger partial charge in [-0.05, 0) is 38.1 Å². The van der Waals surface area contributed by atoms with Gasteiger partial charge in [0.05, 0.1) is 12.0 Å². The van der Waals surface area contributed by atoms with Crippen LogP contribution in [0, 0.1) is 13.8 Å². The van der Waals surface area contributed by atoms with Crippen LogP contribution in [0.5, 0.6) is 0 Å². The number of rotatable bonds is 7. The van der Waals surface area contributed by atoms with Crippen LogP contribution >= 0.6 is 11.8 Å². The highest BCUT2D eigenvalue weighted by Gasteiger charge is 2.17. The maximum absolute atomic E-state index is 12.2. The van der Waals surface area contributed by atoms with E-state index in [1.807, 2.05) is 79.1 Å². The molecule has 0 radical (unpaired) electrons. The minimum atomic E-state index is -0.246. The molecule has 31 heavy (non-hydrogen) atoms. The van der Waals surface area contributed by atoms with Crippen molar-refractivity contribution in [3.63, 3.8) is 0 Å². The van der Waals surface area contributed by atoms with Crippen LogP contribution in [0.1, 0.15) is 17.1 Å². The normalized spacial score (nSPS) is 11.2. The SMILES string of the molecule is Cc1ccc(-n2c(SCC(=O)N/N=C\c3ccc(C)o3)nnc2-c2ccccc2)cc1. The van der Waals surface area contributed by atoms with Gasteiger partial charge in [0.1, 0.15) is 11.5 Å². The fraction of sp³-hybridized carbons (Fsp3) is 0.130. The van der Waals surface area contributed by atoms with E-state index in [4.69, 9.17) is 4.42 Å². The van der Waals surface area contributed by atoms with E-state index < -0.39 is 0 Å². The van der Waals surface area contributed by atoms with Gasteiger partial charge in [-0.15, -0.1) is 10.2 Å². The molecule has 1 N–H and O–H groups in total. The second kappa shape index (κ2) is 9.44. The zero-order chi connectivity index (χ0) is 21.6. The molecule has 4 aromatic rings. The Balaban J connectivity index is 1.51. The molecule has 0 unspecified atom stereocenters. The molecule has 0 saturated carbocycles. The Morgan fingerprint density at radius 1 is 1.06 bits per heavy atom. The van der Waals surface area contributed by atoms with E-state index in [0.29, 0.717) is 10.9 Å². The molecular formula is C23H21N5O2S. The summed E-state index contributed by atoms with van der Waals surface area (Å²) in [6, 6.07) is 21.6. The number of hydrogen-bond donors (Lipinski definition) is 1. The van der Waals surface area contributed by atoms with Gasteiger partial charge in [-0.1, -0.05) is 59.8 Å². The third-order valence-electron chi connectivity index (χ3n) is 4.43. The van der Waals surface area contributed by atoms with Gasteiger partial charge in [0, 0.05) is 11.3 Å². The van der Waals surface area contributed by atoms with Crippen LogP contribution in [0.15, 0.2) is 81.4 Å². The molecule has 0 fully saturated rings. The average Bonchev–Trinajstić information content (AvgIpc) is 3.39.